The maximum atomic E-state index is 6.76. The Balaban J connectivity index is 1.60. The predicted octanol–water partition coefficient (Wildman–Crippen LogP) is 6.83. The van der Waals surface area contributed by atoms with E-state index in [1.165, 1.54) is 33.4 Å². The molecule has 0 aliphatic carbocycles. The Morgan fingerprint density at radius 3 is 2.28 bits per heavy atom. The lowest BCUT2D eigenvalue weighted by Crippen LogP contribution is -2.44. The number of nitrogens with zero attached hydrogens (tertiary/aromatic N) is 2. The fourth-order valence-corrected chi connectivity index (χ4v) is 7.26. The van der Waals surface area contributed by atoms with Gasteiger partial charge in [-0.2, -0.15) is 0 Å². The van der Waals surface area contributed by atoms with E-state index in [0.29, 0.717) is 5.92 Å². The van der Waals surface area contributed by atoms with Crippen LogP contribution in [0.4, 0.5) is 0 Å². The summed E-state index contributed by atoms with van der Waals surface area (Å²) in [6, 6.07) is 9.53. The summed E-state index contributed by atoms with van der Waals surface area (Å²) in [6.07, 6.45) is 1.03. The van der Waals surface area contributed by atoms with Crippen LogP contribution in [0.3, 0.4) is 0 Å². The highest BCUT2D eigenvalue weighted by molar-refractivity contribution is 6.31. The summed E-state index contributed by atoms with van der Waals surface area (Å²) in [5, 5.41) is 0.953. The van der Waals surface area contributed by atoms with Crippen molar-refractivity contribution < 1.29 is 0 Å². The lowest BCUT2D eigenvalue weighted by molar-refractivity contribution is 0.185. The van der Waals surface area contributed by atoms with Crippen molar-refractivity contribution in [3.05, 3.63) is 68.2 Å². The molecule has 0 fully saturated rings. The number of aryl methyl sites for hydroxylation is 2. The minimum Gasteiger partial charge on any atom is -0.301 e. The number of likely N-dealkylation sites (N-methyl/N-ethyl adjacent to an activating group) is 1. The first-order valence-corrected chi connectivity index (χ1v) is 12.7. The van der Waals surface area contributed by atoms with Crippen LogP contribution in [0, 0.1) is 6.92 Å². The Labute approximate surface area is 201 Å². The van der Waals surface area contributed by atoms with Gasteiger partial charge >= 0.3 is 0 Å². The van der Waals surface area contributed by atoms with Gasteiger partial charge in [0, 0.05) is 48.6 Å². The molecule has 174 valence electrons. The summed E-state index contributed by atoms with van der Waals surface area (Å²) in [5.74, 6) is 0.497. The van der Waals surface area contributed by atoms with E-state index in [4.69, 9.17) is 11.6 Å². The van der Waals surface area contributed by atoms with Crippen LogP contribution >= 0.6 is 11.6 Å². The van der Waals surface area contributed by atoms with Crippen LogP contribution in [0.1, 0.15) is 86.4 Å². The number of fused-ring (bicyclic) bond motifs is 2. The zero-order chi connectivity index (χ0) is 23.4. The molecule has 2 nitrogen and oxygen atoms in total. The van der Waals surface area contributed by atoms with Gasteiger partial charge in [0.1, 0.15) is 0 Å². The second kappa shape index (κ2) is 8.46. The molecule has 0 N–H and O–H groups in total. The van der Waals surface area contributed by atoms with Crippen LogP contribution in [0.5, 0.6) is 0 Å². The highest BCUT2D eigenvalue weighted by Crippen LogP contribution is 2.41. The first-order valence-electron chi connectivity index (χ1n) is 12.3. The van der Waals surface area contributed by atoms with Gasteiger partial charge in [0.15, 0.2) is 0 Å². The van der Waals surface area contributed by atoms with Crippen molar-refractivity contribution in [1.29, 1.82) is 0 Å². The van der Waals surface area contributed by atoms with E-state index >= 15 is 0 Å². The van der Waals surface area contributed by atoms with Crippen molar-refractivity contribution in [3.8, 4) is 0 Å². The molecule has 2 aliphatic rings. The molecule has 0 bridgehead atoms. The Morgan fingerprint density at radius 1 is 0.938 bits per heavy atom. The van der Waals surface area contributed by atoms with E-state index < -0.39 is 0 Å². The minimum atomic E-state index is 0.0646. The molecule has 2 aromatic carbocycles. The zero-order valence-corrected chi connectivity index (χ0v) is 22.2. The van der Waals surface area contributed by atoms with E-state index in [9.17, 15) is 0 Å². The highest BCUT2D eigenvalue weighted by Gasteiger charge is 2.35. The maximum absolute atomic E-state index is 6.76. The van der Waals surface area contributed by atoms with Crippen LogP contribution in [0.15, 0.2) is 24.3 Å². The lowest BCUT2D eigenvalue weighted by Gasteiger charge is -2.42. The van der Waals surface area contributed by atoms with E-state index in [1.54, 1.807) is 5.56 Å². The highest BCUT2D eigenvalue weighted by atomic mass is 35.5. The van der Waals surface area contributed by atoms with Crippen molar-refractivity contribution >= 4 is 11.6 Å². The first kappa shape index (κ1) is 23.8. The molecule has 0 radical (unpaired) electrons. The van der Waals surface area contributed by atoms with E-state index in [-0.39, 0.29) is 10.8 Å². The van der Waals surface area contributed by atoms with Gasteiger partial charge in [-0.1, -0.05) is 71.3 Å². The fraction of sp³-hybridized carbons (Fsp3) is 0.586. The van der Waals surface area contributed by atoms with Gasteiger partial charge in [-0.25, -0.2) is 0 Å². The molecular weight excluding hydrogens is 412 g/mol. The van der Waals surface area contributed by atoms with E-state index in [2.05, 4.69) is 89.6 Å². The second-order valence-corrected chi connectivity index (χ2v) is 12.3. The number of hydrogen-bond donors (Lipinski definition) is 0. The fourth-order valence-electron chi connectivity index (χ4n) is 6.74. The molecule has 2 heterocycles. The summed E-state index contributed by atoms with van der Waals surface area (Å²) in [7, 11) is 2.25. The molecule has 1 unspecified atom stereocenters. The van der Waals surface area contributed by atoms with Gasteiger partial charge in [-0.15, -0.1) is 0 Å². The van der Waals surface area contributed by atoms with Crippen molar-refractivity contribution in [2.45, 2.75) is 84.7 Å². The Kier molecular flexibility index (Phi) is 6.29. The minimum absolute atomic E-state index is 0.0646. The quantitative estimate of drug-likeness (QED) is 0.501. The number of rotatable bonds is 4. The standard InChI is InChI=1S/C29H41ClN2/c1-9-21-11-23-16-32(18-29(6,7)27(23)25(30)12-21)14-20(3)22-10-19(2)26-24(13-22)15-31(8)17-28(26,4)5/h10-13,20H,9,14-18H2,1-8H3. The molecule has 1 atom stereocenters. The van der Waals surface area contributed by atoms with Gasteiger partial charge in [0.2, 0.25) is 0 Å². The molecule has 4 rings (SSSR count). The SMILES string of the molecule is CCc1cc(Cl)c2c(c1)CN(CC(C)c1cc(C)c3c(c1)CN(C)CC3(C)C)CC2(C)C. The average molecular weight is 453 g/mol. The van der Waals surface area contributed by atoms with Crippen LogP contribution in [0.2, 0.25) is 5.02 Å². The maximum Gasteiger partial charge on any atom is 0.0449 e. The predicted molar refractivity (Wildman–Crippen MR) is 138 cm³/mol. The third-order valence-electron chi connectivity index (χ3n) is 7.65. The lowest BCUT2D eigenvalue weighted by atomic mass is 9.74. The van der Waals surface area contributed by atoms with Crippen molar-refractivity contribution in [2.75, 3.05) is 26.7 Å². The summed E-state index contributed by atoms with van der Waals surface area (Å²) < 4.78 is 0. The molecule has 0 amide bonds. The number of halogens is 1. The summed E-state index contributed by atoms with van der Waals surface area (Å²) >= 11 is 6.76. The van der Waals surface area contributed by atoms with E-state index in [0.717, 1.165) is 44.2 Å². The summed E-state index contributed by atoms with van der Waals surface area (Å²) in [5.41, 5.74) is 10.4. The van der Waals surface area contributed by atoms with Gasteiger partial charge in [0.05, 0.1) is 0 Å². The topological polar surface area (TPSA) is 6.48 Å². The molecule has 0 saturated heterocycles. The molecule has 3 heteroatoms. The van der Waals surface area contributed by atoms with Crippen LogP contribution < -0.4 is 0 Å². The summed E-state index contributed by atoms with van der Waals surface area (Å²) in [4.78, 5) is 5.11. The normalized spacial score (nSPS) is 21.2. The molecule has 32 heavy (non-hydrogen) atoms. The van der Waals surface area contributed by atoms with Crippen LogP contribution in [0.25, 0.3) is 0 Å². The van der Waals surface area contributed by atoms with Crippen molar-refractivity contribution in [1.82, 2.24) is 9.80 Å². The van der Waals surface area contributed by atoms with Gasteiger partial charge in [-0.05, 0) is 71.3 Å². The molecule has 0 spiro atoms. The van der Waals surface area contributed by atoms with Crippen molar-refractivity contribution in [2.24, 2.45) is 0 Å². The average Bonchev–Trinajstić information content (AvgIpc) is 2.64. The molecule has 2 aromatic rings. The zero-order valence-electron chi connectivity index (χ0n) is 21.4. The Hall–Kier alpha value is -1.35. The smallest absolute Gasteiger partial charge is 0.0449 e. The second-order valence-electron chi connectivity index (χ2n) is 11.8. The molecular formula is C29H41ClN2. The van der Waals surface area contributed by atoms with Crippen molar-refractivity contribution in [3.63, 3.8) is 0 Å². The van der Waals surface area contributed by atoms with Crippen LogP contribution in [-0.2, 0) is 30.3 Å². The third kappa shape index (κ3) is 4.39. The largest absolute Gasteiger partial charge is 0.301 e. The first-order chi connectivity index (χ1) is 14.9. The summed E-state index contributed by atoms with van der Waals surface area (Å²) in [6.45, 7) is 21.7. The van der Waals surface area contributed by atoms with E-state index in [1.807, 2.05) is 0 Å². The Morgan fingerprint density at radius 2 is 1.59 bits per heavy atom. The number of benzene rings is 2. The van der Waals surface area contributed by atoms with Gasteiger partial charge in [0.25, 0.3) is 0 Å². The van der Waals surface area contributed by atoms with Crippen LogP contribution in [-0.4, -0.2) is 36.5 Å². The Bertz CT molecular complexity index is 1020. The molecule has 2 aliphatic heterocycles. The molecule has 0 saturated carbocycles. The number of hydrogen-bond acceptors (Lipinski definition) is 2. The van der Waals surface area contributed by atoms with Gasteiger partial charge < -0.3 is 4.90 Å². The monoisotopic (exact) mass is 452 g/mol. The van der Waals surface area contributed by atoms with Gasteiger partial charge in [-0.3, -0.25) is 4.90 Å². The molecule has 0 aromatic heterocycles. The third-order valence-corrected chi connectivity index (χ3v) is 7.95.